The van der Waals surface area contributed by atoms with Gasteiger partial charge >= 0.3 is 0 Å². The van der Waals surface area contributed by atoms with Crippen molar-refractivity contribution < 1.29 is 9.59 Å². The molecular weight excluding hydrogens is 438 g/mol. The molecule has 1 aliphatic carbocycles. The van der Waals surface area contributed by atoms with Crippen molar-refractivity contribution in [3.8, 4) is 0 Å². The lowest BCUT2D eigenvalue weighted by Gasteiger charge is -2.39. The number of nitrogens with one attached hydrogen (secondary N) is 1. The Labute approximate surface area is 209 Å². The molecular formula is C28H39N5O2. The van der Waals surface area contributed by atoms with Crippen LogP contribution in [0.15, 0.2) is 42.7 Å². The Kier molecular flexibility index (Phi) is 9.55. The Hall–Kier alpha value is -3.06. The summed E-state index contributed by atoms with van der Waals surface area (Å²) in [5.41, 5.74) is 2.37. The Morgan fingerprint density at radius 3 is 2.57 bits per heavy atom. The van der Waals surface area contributed by atoms with Crippen LogP contribution < -0.4 is 5.32 Å². The van der Waals surface area contributed by atoms with Crippen LogP contribution in [0.3, 0.4) is 0 Å². The molecule has 7 nitrogen and oxygen atoms in total. The zero-order valence-corrected chi connectivity index (χ0v) is 21.6. The smallest absolute Gasteiger partial charge is 0.243 e. The van der Waals surface area contributed by atoms with Crippen LogP contribution in [-0.4, -0.2) is 64.3 Å². The second-order valence-electron chi connectivity index (χ2n) is 9.42. The van der Waals surface area contributed by atoms with Crippen molar-refractivity contribution in [2.24, 2.45) is 0 Å². The van der Waals surface area contributed by atoms with Gasteiger partial charge in [-0.25, -0.2) is 4.98 Å². The fourth-order valence-electron chi connectivity index (χ4n) is 4.97. The molecule has 0 aliphatic heterocycles. The molecule has 1 N–H and O–H groups in total. The van der Waals surface area contributed by atoms with Gasteiger partial charge in [-0.15, -0.1) is 0 Å². The summed E-state index contributed by atoms with van der Waals surface area (Å²) >= 11 is 0. The normalized spacial score (nSPS) is 15.0. The summed E-state index contributed by atoms with van der Waals surface area (Å²) < 4.78 is 0. The van der Waals surface area contributed by atoms with Gasteiger partial charge in [-0.05, 0) is 68.6 Å². The number of nitrogens with zero attached hydrogens (tertiary/aromatic N) is 4. The van der Waals surface area contributed by atoms with Crippen LogP contribution in [0.5, 0.6) is 0 Å². The van der Waals surface area contributed by atoms with Gasteiger partial charge in [-0.1, -0.05) is 44.9 Å². The maximum atomic E-state index is 13.4. The van der Waals surface area contributed by atoms with E-state index in [0.29, 0.717) is 12.4 Å². The second-order valence-corrected chi connectivity index (χ2v) is 9.42. The van der Waals surface area contributed by atoms with Gasteiger partial charge in [0.25, 0.3) is 0 Å². The predicted molar refractivity (Wildman–Crippen MR) is 141 cm³/mol. The molecule has 0 saturated heterocycles. The molecule has 1 fully saturated rings. The first kappa shape index (κ1) is 26.5. The van der Waals surface area contributed by atoms with Gasteiger partial charge in [-0.2, -0.15) is 0 Å². The Morgan fingerprint density at radius 1 is 1.14 bits per heavy atom. The summed E-state index contributed by atoms with van der Waals surface area (Å²) in [6.45, 7) is 5.66. The van der Waals surface area contributed by atoms with E-state index in [-0.39, 0.29) is 23.8 Å². The van der Waals surface area contributed by atoms with Gasteiger partial charge in [0.15, 0.2) is 0 Å². The van der Waals surface area contributed by atoms with Crippen molar-refractivity contribution in [2.45, 2.75) is 64.3 Å². The number of carbonyl (C=O) groups excluding carboxylic acids is 2. The zero-order valence-electron chi connectivity index (χ0n) is 21.6. The van der Waals surface area contributed by atoms with E-state index in [1.807, 2.05) is 55.4 Å². The van der Waals surface area contributed by atoms with Crippen LogP contribution in [0.25, 0.3) is 6.08 Å². The molecule has 0 spiro atoms. The van der Waals surface area contributed by atoms with E-state index in [1.54, 1.807) is 12.3 Å². The molecule has 7 heteroatoms. The predicted octanol–water partition coefficient (Wildman–Crippen LogP) is 4.35. The molecule has 0 unspecified atom stereocenters. The average molecular weight is 478 g/mol. The third-order valence-electron chi connectivity index (χ3n) is 6.85. The van der Waals surface area contributed by atoms with Gasteiger partial charge in [0.2, 0.25) is 11.8 Å². The first-order valence-electron chi connectivity index (χ1n) is 12.7. The molecule has 0 atom stereocenters. The molecule has 0 aromatic carbocycles. The molecule has 0 bridgehead atoms. The van der Waals surface area contributed by atoms with Gasteiger partial charge in [-0.3, -0.25) is 19.5 Å². The summed E-state index contributed by atoms with van der Waals surface area (Å²) in [5, 5.41) is 2.84. The first-order chi connectivity index (χ1) is 16.9. The van der Waals surface area contributed by atoms with Crippen LogP contribution >= 0.6 is 0 Å². The molecule has 2 aromatic heterocycles. The van der Waals surface area contributed by atoms with Crippen molar-refractivity contribution in [1.82, 2.24) is 19.8 Å². The highest BCUT2D eigenvalue weighted by Crippen LogP contribution is 2.36. The number of likely N-dealkylation sites (N-methyl/N-ethyl adjacent to an activating group) is 2. The highest BCUT2D eigenvalue weighted by atomic mass is 16.2. The fraction of sp³-hybridized carbons (Fsp3) is 0.500. The lowest BCUT2D eigenvalue weighted by atomic mass is 9.93. The van der Waals surface area contributed by atoms with E-state index in [1.165, 1.54) is 0 Å². The van der Waals surface area contributed by atoms with Gasteiger partial charge in [0.1, 0.15) is 11.4 Å². The van der Waals surface area contributed by atoms with Crippen molar-refractivity contribution in [2.75, 3.05) is 32.5 Å². The highest BCUT2D eigenvalue weighted by Gasteiger charge is 2.45. The molecule has 2 amide bonds. The minimum absolute atomic E-state index is 0.121. The quantitative estimate of drug-likeness (QED) is 0.521. The molecule has 35 heavy (non-hydrogen) atoms. The van der Waals surface area contributed by atoms with Gasteiger partial charge in [0, 0.05) is 31.7 Å². The minimum Gasteiger partial charge on any atom is -0.340 e. The highest BCUT2D eigenvalue weighted by molar-refractivity contribution is 5.91. The van der Waals surface area contributed by atoms with Crippen LogP contribution in [-0.2, 0) is 22.4 Å². The van der Waals surface area contributed by atoms with Crippen LogP contribution in [0.2, 0.25) is 0 Å². The number of carbonyl (C=O) groups is 2. The topological polar surface area (TPSA) is 78.4 Å². The van der Waals surface area contributed by atoms with E-state index in [9.17, 15) is 9.59 Å². The Morgan fingerprint density at radius 2 is 1.91 bits per heavy atom. The molecule has 1 saturated carbocycles. The van der Waals surface area contributed by atoms with E-state index in [4.69, 9.17) is 0 Å². The molecule has 1 aliphatic rings. The van der Waals surface area contributed by atoms with Crippen LogP contribution in [0.1, 0.15) is 62.8 Å². The first-order valence-corrected chi connectivity index (χ1v) is 12.7. The zero-order chi connectivity index (χ0) is 25.3. The van der Waals surface area contributed by atoms with Crippen molar-refractivity contribution in [1.29, 1.82) is 0 Å². The molecule has 0 radical (unpaired) electrons. The number of pyridine rings is 2. The SMILES string of the molecule is CCCN(C)C1(C(=O)N(C)C/C=C/c2cnc(CC)c(CC(=O)Nc3ccccn3)c2)CCCC1. The molecule has 188 valence electrons. The van der Waals surface area contributed by atoms with Crippen molar-refractivity contribution >= 4 is 23.7 Å². The average Bonchev–Trinajstić information content (AvgIpc) is 3.36. The summed E-state index contributed by atoms with van der Waals surface area (Å²) in [6, 6.07) is 7.43. The third-order valence-corrected chi connectivity index (χ3v) is 6.85. The maximum Gasteiger partial charge on any atom is 0.243 e. The maximum absolute atomic E-state index is 13.4. The Balaban J connectivity index is 1.65. The summed E-state index contributed by atoms with van der Waals surface area (Å²) in [4.78, 5) is 38.8. The molecule has 2 aromatic rings. The van der Waals surface area contributed by atoms with Crippen LogP contribution in [0, 0.1) is 0 Å². The number of aromatic nitrogens is 2. The van der Waals surface area contributed by atoms with Gasteiger partial charge < -0.3 is 10.2 Å². The summed E-state index contributed by atoms with van der Waals surface area (Å²) in [7, 11) is 3.97. The van der Waals surface area contributed by atoms with E-state index < -0.39 is 0 Å². The van der Waals surface area contributed by atoms with Crippen molar-refractivity contribution in [3.05, 3.63) is 59.6 Å². The van der Waals surface area contributed by atoms with Gasteiger partial charge in [0.05, 0.1) is 6.42 Å². The summed E-state index contributed by atoms with van der Waals surface area (Å²) in [6.07, 6.45) is 13.6. The number of anilines is 1. The Bertz CT molecular complexity index is 1020. The van der Waals surface area contributed by atoms with Crippen LogP contribution in [0.4, 0.5) is 5.82 Å². The lowest BCUT2D eigenvalue weighted by molar-refractivity contribution is -0.142. The number of hydrogen-bond donors (Lipinski definition) is 1. The minimum atomic E-state index is -0.364. The number of aryl methyl sites for hydroxylation is 1. The monoisotopic (exact) mass is 477 g/mol. The largest absolute Gasteiger partial charge is 0.340 e. The van der Waals surface area contributed by atoms with E-state index >= 15 is 0 Å². The standard InChI is InChI=1S/C28H39N5O2/c1-5-17-33(4)28(14-8-9-15-28)27(35)32(3)18-11-12-22-19-23(24(6-2)30-21-22)20-26(34)31-25-13-7-10-16-29-25/h7,10-13,16,19,21H,5-6,8-9,14-15,17-18,20H2,1-4H3,(H,29,31,34)/b12-11+. The number of amides is 2. The summed E-state index contributed by atoms with van der Waals surface area (Å²) in [5.74, 6) is 0.628. The molecule has 3 rings (SSSR count). The second kappa shape index (κ2) is 12.6. The number of hydrogen-bond acceptors (Lipinski definition) is 5. The van der Waals surface area contributed by atoms with E-state index in [2.05, 4.69) is 34.2 Å². The number of rotatable bonds is 11. The molecule has 2 heterocycles. The fourth-order valence-corrected chi connectivity index (χ4v) is 4.97. The lowest BCUT2D eigenvalue weighted by Crippen LogP contribution is -2.56. The third kappa shape index (κ3) is 6.75. The van der Waals surface area contributed by atoms with E-state index in [0.717, 1.165) is 61.9 Å². The van der Waals surface area contributed by atoms with Crippen molar-refractivity contribution in [3.63, 3.8) is 0 Å².